The van der Waals surface area contributed by atoms with Crippen LogP contribution in [0.15, 0.2) is 0 Å². The van der Waals surface area contributed by atoms with Crippen LogP contribution in [0.2, 0.25) is 0 Å². The van der Waals surface area contributed by atoms with Crippen molar-refractivity contribution >= 4 is 26.7 Å². The molecule has 0 rings (SSSR count). The third kappa shape index (κ3) is 16.6. The Kier molecular flexibility index (Phi) is 19.1. The van der Waals surface area contributed by atoms with Gasteiger partial charge in [0.05, 0.1) is 19.8 Å². The summed E-state index contributed by atoms with van der Waals surface area (Å²) in [5.41, 5.74) is 2.72. The van der Waals surface area contributed by atoms with Crippen LogP contribution < -0.4 is 0 Å². The van der Waals surface area contributed by atoms with E-state index >= 15 is 0 Å². The highest BCUT2D eigenvalue weighted by Crippen LogP contribution is 2.62. The van der Waals surface area contributed by atoms with E-state index in [9.17, 15) is 9.13 Å². The highest BCUT2D eigenvalue weighted by atomic mass is 32.2. The fourth-order valence-electron chi connectivity index (χ4n) is 2.87. The van der Waals surface area contributed by atoms with Gasteiger partial charge in [0.1, 0.15) is 5.90 Å². The van der Waals surface area contributed by atoms with E-state index in [0.717, 1.165) is 12.2 Å². The van der Waals surface area contributed by atoms with Crippen molar-refractivity contribution in [3.63, 3.8) is 0 Å². The predicted octanol–water partition coefficient (Wildman–Crippen LogP) is 8.10. The molecule has 0 fully saturated rings. The zero-order chi connectivity index (χ0) is 21.8. The first-order valence-corrected chi connectivity index (χ1v) is 15.7. The molecule has 0 aromatic heterocycles. The molecular weight excluding hydrogens is 426 g/mol. The van der Waals surface area contributed by atoms with Crippen LogP contribution in [0.5, 0.6) is 0 Å². The Bertz CT molecular complexity index is 535. The highest BCUT2D eigenvalue weighted by molar-refractivity contribution is 8.04. The lowest BCUT2D eigenvalue weighted by Gasteiger charge is -2.20. The van der Waals surface area contributed by atoms with E-state index in [1.54, 1.807) is 20.8 Å². The monoisotopic (exact) mass is 468 g/mol. The zero-order valence-electron chi connectivity index (χ0n) is 19.0. The van der Waals surface area contributed by atoms with Gasteiger partial charge in [0.2, 0.25) is 0 Å². The van der Waals surface area contributed by atoms with Crippen molar-refractivity contribution < 1.29 is 22.7 Å². The van der Waals surface area contributed by atoms with Crippen LogP contribution >= 0.6 is 26.7 Å². The SMILES string of the molecule is CCCCCCCCCCCCSC#CP(=O)(CP(=O)(OCC)OCC)OCC. The molecule has 0 aromatic carbocycles. The van der Waals surface area contributed by atoms with Gasteiger partial charge in [-0.15, -0.1) is 0 Å². The molecule has 0 spiro atoms. The van der Waals surface area contributed by atoms with Crippen LogP contribution in [0.1, 0.15) is 91.9 Å². The van der Waals surface area contributed by atoms with E-state index < -0.39 is 15.0 Å². The topological polar surface area (TPSA) is 61.8 Å². The average Bonchev–Trinajstić information content (AvgIpc) is 2.65. The van der Waals surface area contributed by atoms with Crippen molar-refractivity contribution in [2.45, 2.75) is 91.9 Å². The Morgan fingerprint density at radius 3 is 1.66 bits per heavy atom. The molecule has 0 N–H and O–H groups in total. The summed E-state index contributed by atoms with van der Waals surface area (Å²) in [6, 6.07) is 0. The van der Waals surface area contributed by atoms with Gasteiger partial charge in [0.25, 0.3) is 7.37 Å². The van der Waals surface area contributed by atoms with Crippen molar-refractivity contribution in [3.05, 3.63) is 0 Å². The summed E-state index contributed by atoms with van der Waals surface area (Å²) in [6.45, 7) is 8.15. The smallest absolute Gasteiger partial charge is 0.320 e. The fraction of sp³-hybridized carbons (Fsp3) is 0.905. The van der Waals surface area contributed by atoms with Gasteiger partial charge in [-0.2, -0.15) is 0 Å². The Labute approximate surface area is 183 Å². The van der Waals surface area contributed by atoms with Gasteiger partial charge in [-0.1, -0.05) is 76.5 Å². The summed E-state index contributed by atoms with van der Waals surface area (Å²) < 4.78 is 41.4. The number of unbranched alkanes of at least 4 members (excludes halogenated alkanes) is 9. The molecule has 0 aliphatic rings. The number of hydrogen-bond acceptors (Lipinski definition) is 6. The van der Waals surface area contributed by atoms with Crippen molar-refractivity contribution in [3.8, 4) is 10.9 Å². The molecular formula is C21H42O5P2S. The molecule has 5 nitrogen and oxygen atoms in total. The molecule has 0 saturated heterocycles. The molecule has 0 aliphatic carbocycles. The second-order valence-corrected chi connectivity index (χ2v) is 12.5. The summed E-state index contributed by atoms with van der Waals surface area (Å²) >= 11 is 1.45. The molecule has 1 atom stereocenters. The van der Waals surface area contributed by atoms with Gasteiger partial charge in [-0.3, -0.25) is 9.13 Å². The quantitative estimate of drug-likeness (QED) is 0.108. The van der Waals surface area contributed by atoms with Crippen molar-refractivity contribution in [1.29, 1.82) is 0 Å². The van der Waals surface area contributed by atoms with Gasteiger partial charge in [-0.05, 0) is 32.4 Å². The largest absolute Gasteiger partial charge is 0.341 e. The summed E-state index contributed by atoms with van der Waals surface area (Å²) in [6.07, 6.45) is 13.0. The van der Waals surface area contributed by atoms with Crippen LogP contribution in [-0.2, 0) is 22.7 Å². The van der Waals surface area contributed by atoms with Crippen molar-refractivity contribution in [2.75, 3.05) is 31.5 Å². The van der Waals surface area contributed by atoms with Crippen LogP contribution in [0.3, 0.4) is 0 Å². The normalized spacial score (nSPS) is 13.7. The summed E-state index contributed by atoms with van der Waals surface area (Å²) in [5, 5.41) is 2.89. The first kappa shape index (κ1) is 29.2. The molecule has 0 saturated carbocycles. The van der Waals surface area contributed by atoms with E-state index in [1.165, 1.54) is 69.5 Å². The predicted molar refractivity (Wildman–Crippen MR) is 127 cm³/mol. The summed E-state index contributed by atoms with van der Waals surface area (Å²) in [5.74, 6) is 0.617. The number of hydrogen-bond donors (Lipinski definition) is 0. The maximum absolute atomic E-state index is 12.9. The molecule has 1 unspecified atom stereocenters. The van der Waals surface area contributed by atoms with Gasteiger partial charge >= 0.3 is 7.60 Å². The van der Waals surface area contributed by atoms with Crippen LogP contribution in [0.25, 0.3) is 0 Å². The Morgan fingerprint density at radius 1 is 0.690 bits per heavy atom. The molecule has 0 aromatic rings. The van der Waals surface area contributed by atoms with E-state index in [-0.39, 0.29) is 25.7 Å². The van der Waals surface area contributed by atoms with E-state index in [4.69, 9.17) is 13.6 Å². The molecule has 0 bridgehead atoms. The van der Waals surface area contributed by atoms with E-state index in [1.807, 2.05) is 0 Å². The highest BCUT2D eigenvalue weighted by Gasteiger charge is 2.36. The van der Waals surface area contributed by atoms with E-state index in [0.29, 0.717) is 0 Å². The first-order valence-electron chi connectivity index (χ1n) is 11.2. The molecule has 0 radical (unpaired) electrons. The number of thioether (sulfide) groups is 1. The molecule has 0 heterocycles. The van der Waals surface area contributed by atoms with Gasteiger partial charge in [-0.25, -0.2) is 0 Å². The minimum absolute atomic E-state index is 0.227. The summed E-state index contributed by atoms with van der Waals surface area (Å²) in [4.78, 5) is 0. The third-order valence-electron chi connectivity index (χ3n) is 4.24. The maximum atomic E-state index is 12.9. The Morgan fingerprint density at radius 2 is 1.17 bits per heavy atom. The lowest BCUT2D eigenvalue weighted by atomic mass is 10.1. The molecule has 172 valence electrons. The lowest BCUT2D eigenvalue weighted by Crippen LogP contribution is -2.02. The van der Waals surface area contributed by atoms with Crippen LogP contribution in [0.4, 0.5) is 0 Å². The second-order valence-electron chi connectivity index (χ2n) is 6.92. The maximum Gasteiger partial charge on any atom is 0.341 e. The third-order valence-corrected chi connectivity index (χ3v) is 10.4. The average molecular weight is 469 g/mol. The number of rotatable bonds is 19. The minimum Gasteiger partial charge on any atom is -0.320 e. The second kappa shape index (κ2) is 19.0. The molecule has 0 aliphatic heterocycles. The lowest BCUT2D eigenvalue weighted by molar-refractivity contribution is 0.222. The van der Waals surface area contributed by atoms with Gasteiger partial charge < -0.3 is 13.6 Å². The van der Waals surface area contributed by atoms with Crippen molar-refractivity contribution in [1.82, 2.24) is 0 Å². The Hall–Kier alpha value is 0.250. The van der Waals surface area contributed by atoms with Gasteiger partial charge in [0.15, 0.2) is 0 Å². The molecule has 8 heteroatoms. The zero-order valence-corrected chi connectivity index (χ0v) is 21.6. The minimum atomic E-state index is -3.46. The first-order chi connectivity index (χ1) is 13.9. The fourth-order valence-corrected chi connectivity index (χ4v) is 8.57. The van der Waals surface area contributed by atoms with E-state index in [2.05, 4.69) is 17.8 Å². The van der Waals surface area contributed by atoms with Crippen molar-refractivity contribution in [2.24, 2.45) is 0 Å². The van der Waals surface area contributed by atoms with Crippen LogP contribution in [0, 0.1) is 10.9 Å². The summed E-state index contributed by atoms with van der Waals surface area (Å²) in [7, 11) is -6.83. The Balaban J connectivity index is 4.17. The van der Waals surface area contributed by atoms with Gasteiger partial charge in [0, 0.05) is 11.4 Å². The molecule has 0 amide bonds. The van der Waals surface area contributed by atoms with Crippen LogP contribution in [-0.4, -0.2) is 31.5 Å². The standard InChI is InChI=1S/C21H42O5P2S/c1-5-9-10-11-12-13-14-15-16-17-19-29-20-18-27(22,24-6-2)21-28(23,25-7-3)26-8-4/h5-17,19,21H2,1-4H3. The molecule has 29 heavy (non-hydrogen) atoms.